The zero-order valence-corrected chi connectivity index (χ0v) is 11.6. The summed E-state index contributed by atoms with van der Waals surface area (Å²) in [5.41, 5.74) is 2.47. The van der Waals surface area contributed by atoms with Crippen LogP contribution < -0.4 is 5.32 Å². The highest BCUT2D eigenvalue weighted by atomic mass is 16.3. The fourth-order valence-electron chi connectivity index (χ4n) is 2.05. The summed E-state index contributed by atoms with van der Waals surface area (Å²) in [5, 5.41) is 3.29. The Bertz CT molecular complexity index is 481. The topological polar surface area (TPSA) is 41.3 Å². The molecule has 2 rings (SSSR count). The summed E-state index contributed by atoms with van der Waals surface area (Å²) in [7, 11) is 2.11. The normalized spacial score (nSPS) is 11.1. The van der Waals surface area contributed by atoms with Crippen molar-refractivity contribution < 1.29 is 4.42 Å². The van der Waals surface area contributed by atoms with E-state index in [0.29, 0.717) is 0 Å². The van der Waals surface area contributed by atoms with Crippen LogP contribution in [0.4, 0.5) is 0 Å². The van der Waals surface area contributed by atoms with Gasteiger partial charge in [-0.25, -0.2) is 0 Å². The third-order valence-electron chi connectivity index (χ3n) is 2.99. The molecule has 1 N–H and O–H groups in total. The minimum absolute atomic E-state index is 0.791. The molecule has 0 atom stereocenters. The summed E-state index contributed by atoms with van der Waals surface area (Å²) < 4.78 is 5.52. The number of pyridine rings is 1. The molecule has 0 fully saturated rings. The maximum Gasteiger partial charge on any atom is 0.122 e. The Kier molecular flexibility index (Phi) is 5.12. The van der Waals surface area contributed by atoms with E-state index in [1.807, 2.05) is 18.3 Å². The van der Waals surface area contributed by atoms with Crippen LogP contribution in [0.3, 0.4) is 0 Å². The molecule has 0 saturated heterocycles. The molecule has 0 aliphatic heterocycles. The van der Waals surface area contributed by atoms with Crippen molar-refractivity contribution in [1.82, 2.24) is 15.2 Å². The summed E-state index contributed by atoms with van der Waals surface area (Å²) in [6, 6.07) is 6.11. The van der Waals surface area contributed by atoms with Gasteiger partial charge in [0.15, 0.2) is 0 Å². The largest absolute Gasteiger partial charge is 0.468 e. The number of aromatic nitrogens is 1. The van der Waals surface area contributed by atoms with E-state index >= 15 is 0 Å². The molecule has 0 spiro atoms. The van der Waals surface area contributed by atoms with Crippen LogP contribution in [-0.4, -0.2) is 23.5 Å². The van der Waals surface area contributed by atoms with Gasteiger partial charge in [-0.2, -0.15) is 0 Å². The molecule has 0 saturated carbocycles. The number of nitrogens with one attached hydrogen (secondary N) is 1. The second kappa shape index (κ2) is 7.07. The first-order valence-corrected chi connectivity index (χ1v) is 6.63. The van der Waals surface area contributed by atoms with Crippen molar-refractivity contribution in [2.75, 3.05) is 13.6 Å². The number of rotatable bonds is 7. The Morgan fingerprint density at radius 3 is 2.95 bits per heavy atom. The Hall–Kier alpha value is -1.65. The van der Waals surface area contributed by atoms with Gasteiger partial charge in [0.1, 0.15) is 5.76 Å². The molecule has 4 heteroatoms. The van der Waals surface area contributed by atoms with E-state index in [0.717, 1.165) is 31.9 Å². The third-order valence-corrected chi connectivity index (χ3v) is 2.99. The van der Waals surface area contributed by atoms with Crippen LogP contribution in [-0.2, 0) is 19.6 Å². The molecule has 4 nitrogen and oxygen atoms in total. The first kappa shape index (κ1) is 13.8. The average molecular weight is 259 g/mol. The molecule has 0 unspecified atom stereocenters. The first-order valence-electron chi connectivity index (χ1n) is 6.63. The van der Waals surface area contributed by atoms with Crippen molar-refractivity contribution in [2.45, 2.75) is 26.6 Å². The van der Waals surface area contributed by atoms with Crippen LogP contribution in [0.25, 0.3) is 0 Å². The van der Waals surface area contributed by atoms with Gasteiger partial charge in [0.25, 0.3) is 0 Å². The molecule has 19 heavy (non-hydrogen) atoms. The Balaban J connectivity index is 1.91. The Morgan fingerprint density at radius 1 is 1.32 bits per heavy atom. The van der Waals surface area contributed by atoms with Gasteiger partial charge in [-0.15, -0.1) is 0 Å². The SMILES string of the molecule is CCNCc1occc1CN(C)Cc1cccnc1. The van der Waals surface area contributed by atoms with Crippen molar-refractivity contribution in [3.8, 4) is 0 Å². The highest BCUT2D eigenvalue weighted by Crippen LogP contribution is 2.14. The second-order valence-electron chi connectivity index (χ2n) is 4.68. The maximum atomic E-state index is 5.52. The molecule has 102 valence electrons. The second-order valence-corrected chi connectivity index (χ2v) is 4.68. The molecule has 0 bridgehead atoms. The van der Waals surface area contributed by atoms with Crippen LogP contribution in [0.2, 0.25) is 0 Å². The van der Waals surface area contributed by atoms with Crippen molar-refractivity contribution in [3.05, 3.63) is 53.7 Å². The van der Waals surface area contributed by atoms with E-state index in [1.165, 1.54) is 11.1 Å². The molecule has 0 amide bonds. The highest BCUT2D eigenvalue weighted by molar-refractivity contribution is 5.17. The lowest BCUT2D eigenvalue weighted by atomic mass is 10.2. The average Bonchev–Trinajstić information content (AvgIpc) is 2.84. The fraction of sp³-hybridized carbons (Fsp3) is 0.400. The third kappa shape index (κ3) is 4.19. The Morgan fingerprint density at radius 2 is 2.21 bits per heavy atom. The number of hydrogen-bond acceptors (Lipinski definition) is 4. The van der Waals surface area contributed by atoms with Gasteiger partial charge in [-0.3, -0.25) is 9.88 Å². The van der Waals surface area contributed by atoms with Gasteiger partial charge in [0.05, 0.1) is 12.8 Å². The van der Waals surface area contributed by atoms with Crippen LogP contribution in [0, 0.1) is 0 Å². The summed E-state index contributed by atoms with van der Waals surface area (Å²) >= 11 is 0. The smallest absolute Gasteiger partial charge is 0.122 e. The van der Waals surface area contributed by atoms with E-state index in [9.17, 15) is 0 Å². The van der Waals surface area contributed by atoms with Gasteiger partial charge in [0.2, 0.25) is 0 Å². The number of hydrogen-bond donors (Lipinski definition) is 1. The Labute approximate surface area is 114 Å². The summed E-state index contributed by atoms with van der Waals surface area (Å²) in [6.45, 7) is 5.61. The minimum atomic E-state index is 0.791. The lowest BCUT2D eigenvalue weighted by Gasteiger charge is -2.16. The molecule has 2 aromatic heterocycles. The molecule has 2 aromatic rings. The zero-order valence-electron chi connectivity index (χ0n) is 11.6. The molecule has 2 heterocycles. The summed E-state index contributed by atoms with van der Waals surface area (Å²) in [4.78, 5) is 6.40. The predicted octanol–water partition coefficient (Wildman–Crippen LogP) is 2.42. The monoisotopic (exact) mass is 259 g/mol. The lowest BCUT2D eigenvalue weighted by molar-refractivity contribution is 0.314. The lowest BCUT2D eigenvalue weighted by Crippen LogP contribution is -2.19. The minimum Gasteiger partial charge on any atom is -0.468 e. The van der Waals surface area contributed by atoms with Gasteiger partial charge in [-0.1, -0.05) is 13.0 Å². The molecule has 0 aromatic carbocycles. The number of furan rings is 1. The molecule has 0 aliphatic carbocycles. The zero-order chi connectivity index (χ0) is 13.5. The van der Waals surface area contributed by atoms with Crippen LogP contribution in [0.1, 0.15) is 23.8 Å². The van der Waals surface area contributed by atoms with Gasteiger partial charge in [0, 0.05) is 31.0 Å². The molecule has 0 aliphatic rings. The van der Waals surface area contributed by atoms with Crippen LogP contribution in [0.5, 0.6) is 0 Å². The quantitative estimate of drug-likeness (QED) is 0.829. The van der Waals surface area contributed by atoms with Crippen molar-refractivity contribution in [3.63, 3.8) is 0 Å². The van der Waals surface area contributed by atoms with E-state index in [2.05, 4.69) is 35.2 Å². The summed E-state index contributed by atoms with van der Waals surface area (Å²) in [6.07, 6.45) is 5.47. The maximum absolute atomic E-state index is 5.52. The van der Waals surface area contributed by atoms with E-state index in [4.69, 9.17) is 4.42 Å². The van der Waals surface area contributed by atoms with Crippen molar-refractivity contribution >= 4 is 0 Å². The van der Waals surface area contributed by atoms with Gasteiger partial charge >= 0.3 is 0 Å². The fourth-order valence-corrected chi connectivity index (χ4v) is 2.05. The van der Waals surface area contributed by atoms with Gasteiger partial charge < -0.3 is 9.73 Å². The summed E-state index contributed by atoms with van der Waals surface area (Å²) in [5.74, 6) is 1.03. The molecular weight excluding hydrogens is 238 g/mol. The van der Waals surface area contributed by atoms with Crippen molar-refractivity contribution in [2.24, 2.45) is 0 Å². The van der Waals surface area contributed by atoms with E-state index in [-0.39, 0.29) is 0 Å². The first-order chi connectivity index (χ1) is 9.29. The van der Waals surface area contributed by atoms with E-state index < -0.39 is 0 Å². The van der Waals surface area contributed by atoms with Crippen LogP contribution >= 0.6 is 0 Å². The predicted molar refractivity (Wildman–Crippen MR) is 75.5 cm³/mol. The standard InChI is InChI=1S/C15H21N3O/c1-3-16-10-15-14(6-8-19-15)12-18(2)11-13-5-4-7-17-9-13/h4-9,16H,3,10-12H2,1-2H3. The molecule has 0 radical (unpaired) electrons. The highest BCUT2D eigenvalue weighted by Gasteiger charge is 2.09. The molecular formula is C15H21N3O. The van der Waals surface area contributed by atoms with Crippen LogP contribution in [0.15, 0.2) is 41.3 Å². The number of nitrogens with zero attached hydrogens (tertiary/aromatic N) is 2. The van der Waals surface area contributed by atoms with E-state index in [1.54, 1.807) is 12.5 Å². The van der Waals surface area contributed by atoms with Crippen molar-refractivity contribution in [1.29, 1.82) is 0 Å². The van der Waals surface area contributed by atoms with Gasteiger partial charge in [-0.05, 0) is 31.3 Å².